The first-order valence-electron chi connectivity index (χ1n) is 10.1. The smallest absolute Gasteiger partial charge is 0.162 e. The van der Waals surface area contributed by atoms with E-state index >= 15 is 0 Å². The van der Waals surface area contributed by atoms with Crippen LogP contribution in [-0.4, -0.2) is 24.2 Å². The highest BCUT2D eigenvalue weighted by molar-refractivity contribution is 5.92. The lowest BCUT2D eigenvalue weighted by atomic mass is 10.1. The summed E-state index contributed by atoms with van der Waals surface area (Å²) in [5.74, 6) is 2.76. The van der Waals surface area contributed by atoms with Crippen LogP contribution in [0.5, 0.6) is 11.5 Å². The Morgan fingerprint density at radius 2 is 1.63 bits per heavy atom. The zero-order valence-electron chi connectivity index (χ0n) is 17.1. The maximum atomic E-state index is 5.46. The summed E-state index contributed by atoms with van der Waals surface area (Å²) in [5.41, 5.74) is 5.70. The molecule has 30 heavy (non-hydrogen) atoms. The number of hydrogen-bond donors (Lipinski definition) is 1. The molecule has 0 fully saturated rings. The van der Waals surface area contributed by atoms with Crippen molar-refractivity contribution >= 4 is 22.4 Å². The lowest BCUT2D eigenvalue weighted by Gasteiger charge is -2.13. The standard InChI is InChI=1S/C25H23N3O2/c1-29-22-13-11-18(15-23(22)30-2)24-27-21-9-4-3-8-20(21)25(28-24)26-19-12-10-16-6-5-7-17(16)14-19/h3-4,8-15H,5-7H2,1-2H3,(H,26,27,28). The molecule has 5 rings (SSSR count). The van der Waals surface area contributed by atoms with Crippen LogP contribution in [0.15, 0.2) is 60.7 Å². The van der Waals surface area contributed by atoms with Gasteiger partial charge in [-0.3, -0.25) is 0 Å². The summed E-state index contributed by atoms with van der Waals surface area (Å²) in [5, 5.41) is 4.52. The normalized spacial score (nSPS) is 12.6. The van der Waals surface area contributed by atoms with Crippen LogP contribution in [0.3, 0.4) is 0 Å². The van der Waals surface area contributed by atoms with Gasteiger partial charge in [0.2, 0.25) is 0 Å². The summed E-state index contributed by atoms with van der Waals surface area (Å²) >= 11 is 0. The van der Waals surface area contributed by atoms with Gasteiger partial charge in [0, 0.05) is 16.6 Å². The fourth-order valence-electron chi connectivity index (χ4n) is 4.06. The minimum atomic E-state index is 0.637. The number of hydrogen-bond acceptors (Lipinski definition) is 5. The number of benzene rings is 3. The van der Waals surface area contributed by atoms with Crippen molar-refractivity contribution in [2.24, 2.45) is 0 Å². The van der Waals surface area contributed by atoms with E-state index in [1.807, 2.05) is 42.5 Å². The van der Waals surface area contributed by atoms with Gasteiger partial charge in [0.05, 0.1) is 19.7 Å². The van der Waals surface area contributed by atoms with Gasteiger partial charge in [-0.25, -0.2) is 9.97 Å². The molecular formula is C25H23N3O2. The number of aromatic nitrogens is 2. The molecule has 0 saturated heterocycles. The minimum Gasteiger partial charge on any atom is -0.493 e. The first kappa shape index (κ1) is 18.4. The molecule has 0 saturated carbocycles. The van der Waals surface area contributed by atoms with Crippen LogP contribution in [-0.2, 0) is 12.8 Å². The minimum absolute atomic E-state index is 0.637. The Morgan fingerprint density at radius 1 is 0.800 bits per heavy atom. The maximum absolute atomic E-state index is 5.46. The molecule has 0 amide bonds. The molecule has 4 aromatic rings. The van der Waals surface area contributed by atoms with Gasteiger partial charge >= 0.3 is 0 Å². The number of ether oxygens (including phenoxy) is 2. The third-order valence-electron chi connectivity index (χ3n) is 5.61. The van der Waals surface area contributed by atoms with Gasteiger partial charge in [0.15, 0.2) is 17.3 Å². The Kier molecular flexibility index (Phi) is 4.71. The fourth-order valence-corrected chi connectivity index (χ4v) is 4.06. The second-order valence-electron chi connectivity index (χ2n) is 7.44. The van der Waals surface area contributed by atoms with Gasteiger partial charge in [-0.05, 0) is 72.9 Å². The van der Waals surface area contributed by atoms with E-state index in [1.165, 1.54) is 24.0 Å². The molecule has 0 unspecified atom stereocenters. The van der Waals surface area contributed by atoms with Crippen molar-refractivity contribution in [3.63, 3.8) is 0 Å². The van der Waals surface area contributed by atoms with Gasteiger partial charge < -0.3 is 14.8 Å². The van der Waals surface area contributed by atoms with Crippen molar-refractivity contribution in [3.05, 3.63) is 71.8 Å². The van der Waals surface area contributed by atoms with E-state index in [9.17, 15) is 0 Å². The highest BCUT2D eigenvalue weighted by atomic mass is 16.5. The monoisotopic (exact) mass is 397 g/mol. The number of rotatable bonds is 5. The van der Waals surface area contributed by atoms with Crippen LogP contribution in [0.2, 0.25) is 0 Å². The van der Waals surface area contributed by atoms with Crippen molar-refractivity contribution in [2.45, 2.75) is 19.3 Å². The molecular weight excluding hydrogens is 374 g/mol. The van der Waals surface area contributed by atoms with Gasteiger partial charge in [0.25, 0.3) is 0 Å². The molecule has 0 radical (unpaired) electrons. The third kappa shape index (κ3) is 3.32. The molecule has 0 spiro atoms. The maximum Gasteiger partial charge on any atom is 0.162 e. The van der Waals surface area contributed by atoms with Crippen LogP contribution in [0, 0.1) is 0 Å². The average molecular weight is 397 g/mol. The van der Waals surface area contributed by atoms with Crippen LogP contribution < -0.4 is 14.8 Å². The summed E-state index contributed by atoms with van der Waals surface area (Å²) in [6, 6.07) is 20.4. The van der Waals surface area contributed by atoms with E-state index in [4.69, 9.17) is 19.4 Å². The average Bonchev–Trinajstić information content (AvgIpc) is 3.26. The SMILES string of the molecule is COc1ccc(-c2nc(Nc3ccc4c(c3)CCC4)c3ccccc3n2)cc1OC. The number of nitrogens with zero attached hydrogens (tertiary/aromatic N) is 2. The molecule has 0 aliphatic heterocycles. The van der Waals surface area contributed by atoms with Crippen molar-refractivity contribution in [1.29, 1.82) is 0 Å². The summed E-state index contributed by atoms with van der Waals surface area (Å²) < 4.78 is 10.8. The molecule has 0 bridgehead atoms. The fraction of sp³-hybridized carbons (Fsp3) is 0.200. The second-order valence-corrected chi connectivity index (χ2v) is 7.44. The largest absolute Gasteiger partial charge is 0.493 e. The zero-order chi connectivity index (χ0) is 20.5. The number of para-hydroxylation sites is 1. The van der Waals surface area contributed by atoms with E-state index in [0.29, 0.717) is 17.3 Å². The van der Waals surface area contributed by atoms with E-state index in [0.717, 1.165) is 34.4 Å². The molecule has 5 heteroatoms. The molecule has 1 aromatic heterocycles. The number of aryl methyl sites for hydroxylation is 2. The molecule has 1 N–H and O–H groups in total. The lowest BCUT2D eigenvalue weighted by Crippen LogP contribution is -2.00. The molecule has 150 valence electrons. The van der Waals surface area contributed by atoms with Gasteiger partial charge in [-0.1, -0.05) is 18.2 Å². The summed E-state index contributed by atoms with van der Waals surface area (Å²) in [6.07, 6.45) is 3.56. The quantitative estimate of drug-likeness (QED) is 0.479. The van der Waals surface area contributed by atoms with E-state index < -0.39 is 0 Å². The van der Waals surface area contributed by atoms with Crippen LogP contribution in [0.4, 0.5) is 11.5 Å². The van der Waals surface area contributed by atoms with Crippen molar-refractivity contribution < 1.29 is 9.47 Å². The Hall–Kier alpha value is -3.60. The summed E-state index contributed by atoms with van der Waals surface area (Å²) in [4.78, 5) is 9.66. The molecule has 1 aliphatic rings. The number of anilines is 2. The number of methoxy groups -OCH3 is 2. The van der Waals surface area contributed by atoms with Gasteiger partial charge in [-0.15, -0.1) is 0 Å². The van der Waals surface area contributed by atoms with Gasteiger partial charge in [0.1, 0.15) is 5.82 Å². The van der Waals surface area contributed by atoms with Crippen LogP contribution in [0.1, 0.15) is 17.5 Å². The first-order valence-corrected chi connectivity index (χ1v) is 10.1. The highest BCUT2D eigenvalue weighted by Crippen LogP contribution is 2.34. The predicted molar refractivity (Wildman–Crippen MR) is 120 cm³/mol. The number of fused-ring (bicyclic) bond motifs is 2. The van der Waals surface area contributed by atoms with Crippen molar-refractivity contribution in [1.82, 2.24) is 9.97 Å². The van der Waals surface area contributed by atoms with E-state index in [2.05, 4.69) is 23.5 Å². The second kappa shape index (κ2) is 7.67. The van der Waals surface area contributed by atoms with Gasteiger partial charge in [-0.2, -0.15) is 0 Å². The molecule has 1 heterocycles. The van der Waals surface area contributed by atoms with Crippen LogP contribution >= 0.6 is 0 Å². The summed E-state index contributed by atoms with van der Waals surface area (Å²) in [6.45, 7) is 0. The Morgan fingerprint density at radius 3 is 2.50 bits per heavy atom. The zero-order valence-corrected chi connectivity index (χ0v) is 17.1. The van der Waals surface area contributed by atoms with Crippen molar-refractivity contribution in [2.75, 3.05) is 19.5 Å². The Labute approximate surface area is 175 Å². The van der Waals surface area contributed by atoms with Crippen molar-refractivity contribution in [3.8, 4) is 22.9 Å². The predicted octanol–water partition coefficient (Wildman–Crippen LogP) is 5.55. The Balaban J connectivity index is 1.60. The first-order chi connectivity index (χ1) is 14.7. The molecule has 1 aliphatic carbocycles. The summed E-state index contributed by atoms with van der Waals surface area (Å²) in [7, 11) is 3.26. The van der Waals surface area contributed by atoms with E-state index in [1.54, 1.807) is 14.2 Å². The van der Waals surface area contributed by atoms with Crippen LogP contribution in [0.25, 0.3) is 22.3 Å². The Bertz CT molecular complexity index is 1240. The molecule has 5 nitrogen and oxygen atoms in total. The third-order valence-corrected chi connectivity index (χ3v) is 5.61. The highest BCUT2D eigenvalue weighted by Gasteiger charge is 2.14. The topological polar surface area (TPSA) is 56.3 Å². The number of nitrogens with one attached hydrogen (secondary N) is 1. The molecule has 3 aromatic carbocycles. The molecule has 0 atom stereocenters. The lowest BCUT2D eigenvalue weighted by molar-refractivity contribution is 0.355. The van der Waals surface area contributed by atoms with E-state index in [-0.39, 0.29) is 0 Å².